The molecule has 0 amide bonds. The minimum Gasteiger partial charge on any atom is -0.365 e. The molecule has 2 atom stereocenters. The Morgan fingerprint density at radius 1 is 1.42 bits per heavy atom. The van der Waals surface area contributed by atoms with E-state index in [1.165, 1.54) is 0 Å². The molecule has 0 saturated carbocycles. The van der Waals surface area contributed by atoms with E-state index >= 15 is 0 Å². The van der Waals surface area contributed by atoms with Gasteiger partial charge in [-0.3, -0.25) is 0 Å². The number of rotatable bonds is 3. The van der Waals surface area contributed by atoms with Crippen LogP contribution in [0, 0.1) is 5.92 Å². The Hall–Kier alpha value is -0.280. The fourth-order valence-electron chi connectivity index (χ4n) is 2.81. The van der Waals surface area contributed by atoms with Crippen LogP contribution < -0.4 is 5.32 Å². The maximum absolute atomic E-state index is 6.30. The zero-order chi connectivity index (χ0) is 14.0. The molecule has 19 heavy (non-hydrogen) atoms. The molecule has 1 fully saturated rings. The molecule has 0 bridgehead atoms. The Morgan fingerprint density at radius 3 is 2.79 bits per heavy atom. The first-order valence-corrected chi connectivity index (χ1v) is 7.49. The topological polar surface area (TPSA) is 21.3 Å². The van der Waals surface area contributed by atoms with Gasteiger partial charge in [-0.15, -0.1) is 0 Å². The molecule has 0 spiro atoms. The van der Waals surface area contributed by atoms with Gasteiger partial charge in [-0.1, -0.05) is 43.1 Å². The Bertz CT molecular complexity index is 450. The molecule has 2 rings (SSSR count). The lowest BCUT2D eigenvalue weighted by Gasteiger charge is -2.40. The highest BCUT2D eigenvalue weighted by molar-refractivity contribution is 6.35. The number of ether oxygens (including phenoxy) is 1. The monoisotopic (exact) mass is 301 g/mol. The minimum atomic E-state index is -0.139. The smallest absolute Gasteiger partial charge is 0.0971 e. The summed E-state index contributed by atoms with van der Waals surface area (Å²) in [6.45, 7) is 8.26. The van der Waals surface area contributed by atoms with Crippen LogP contribution in [0.5, 0.6) is 0 Å². The first-order chi connectivity index (χ1) is 8.89. The molecule has 2 nitrogen and oxygen atoms in total. The molecule has 0 aliphatic carbocycles. The summed E-state index contributed by atoms with van der Waals surface area (Å²) in [5.41, 5.74) is 0.869. The Labute approximate surface area is 125 Å². The molecule has 1 aliphatic heterocycles. The van der Waals surface area contributed by atoms with Crippen molar-refractivity contribution in [2.45, 2.75) is 38.9 Å². The van der Waals surface area contributed by atoms with Crippen molar-refractivity contribution in [3.05, 3.63) is 33.8 Å². The second-order valence-electron chi connectivity index (χ2n) is 5.95. The molecule has 4 heteroatoms. The van der Waals surface area contributed by atoms with Gasteiger partial charge in [-0.25, -0.2) is 0 Å². The summed E-state index contributed by atoms with van der Waals surface area (Å²) in [6.07, 6.45) is 1.02. The number of benzene rings is 1. The molecular weight excluding hydrogens is 281 g/mol. The molecule has 2 unspecified atom stereocenters. The van der Waals surface area contributed by atoms with Gasteiger partial charge in [0.2, 0.25) is 0 Å². The molecular formula is C15H21Cl2NO. The van der Waals surface area contributed by atoms with Crippen molar-refractivity contribution in [2.75, 3.05) is 13.1 Å². The number of hydrogen-bond acceptors (Lipinski definition) is 2. The highest BCUT2D eigenvalue weighted by Gasteiger charge is 2.34. The molecule has 1 aromatic carbocycles. The lowest BCUT2D eigenvalue weighted by atomic mass is 9.91. The molecule has 1 N–H and O–H groups in total. The second kappa shape index (κ2) is 6.01. The van der Waals surface area contributed by atoms with Crippen LogP contribution >= 0.6 is 23.2 Å². The third-order valence-corrected chi connectivity index (χ3v) is 3.97. The molecule has 1 aliphatic rings. The van der Waals surface area contributed by atoms with E-state index in [1.54, 1.807) is 6.07 Å². The number of hydrogen-bond donors (Lipinski definition) is 1. The summed E-state index contributed by atoms with van der Waals surface area (Å²) in [7, 11) is 0. The van der Waals surface area contributed by atoms with E-state index in [-0.39, 0.29) is 11.7 Å². The van der Waals surface area contributed by atoms with Gasteiger partial charge in [0.15, 0.2) is 0 Å². The van der Waals surface area contributed by atoms with E-state index in [2.05, 4.69) is 26.1 Å². The maximum atomic E-state index is 6.30. The second-order valence-corrected chi connectivity index (χ2v) is 6.79. The molecule has 0 aromatic heterocycles. The van der Waals surface area contributed by atoms with Gasteiger partial charge >= 0.3 is 0 Å². The summed E-state index contributed by atoms with van der Waals surface area (Å²) >= 11 is 12.2. The van der Waals surface area contributed by atoms with Crippen molar-refractivity contribution < 1.29 is 4.74 Å². The van der Waals surface area contributed by atoms with Gasteiger partial charge in [-0.2, -0.15) is 0 Å². The number of nitrogens with one attached hydrogen (secondary N) is 1. The fourth-order valence-corrected chi connectivity index (χ4v) is 3.34. The minimum absolute atomic E-state index is 0.0118. The van der Waals surface area contributed by atoms with E-state index in [4.69, 9.17) is 27.9 Å². The Balaban J connectivity index is 2.17. The lowest BCUT2D eigenvalue weighted by Crippen LogP contribution is -2.49. The van der Waals surface area contributed by atoms with E-state index in [0.717, 1.165) is 25.1 Å². The van der Waals surface area contributed by atoms with Crippen LogP contribution in [0.2, 0.25) is 10.0 Å². The summed E-state index contributed by atoms with van der Waals surface area (Å²) in [5.74, 6) is 0.603. The Kier molecular flexibility index (Phi) is 4.78. The van der Waals surface area contributed by atoms with Crippen molar-refractivity contribution in [2.24, 2.45) is 5.92 Å². The molecule has 1 saturated heterocycles. The van der Waals surface area contributed by atoms with E-state index < -0.39 is 0 Å². The zero-order valence-corrected chi connectivity index (χ0v) is 13.2. The van der Waals surface area contributed by atoms with Gasteiger partial charge in [0.25, 0.3) is 0 Å². The van der Waals surface area contributed by atoms with Crippen molar-refractivity contribution >= 4 is 23.2 Å². The van der Waals surface area contributed by atoms with Crippen LogP contribution in [-0.4, -0.2) is 18.7 Å². The first kappa shape index (κ1) is 15.1. The van der Waals surface area contributed by atoms with Gasteiger partial charge in [0, 0.05) is 28.7 Å². The molecule has 0 radical (unpaired) electrons. The van der Waals surface area contributed by atoms with Gasteiger partial charge in [-0.05, 0) is 31.4 Å². The van der Waals surface area contributed by atoms with Crippen LogP contribution in [0.1, 0.15) is 38.9 Å². The standard InChI is InChI=1S/C15H21Cl2NO/c1-10(2)7-15(3)9-18-8-14(19-15)12-5-4-11(16)6-13(12)17/h4-6,10,14,18H,7-9H2,1-3H3. The largest absolute Gasteiger partial charge is 0.365 e. The van der Waals surface area contributed by atoms with Crippen molar-refractivity contribution in [1.82, 2.24) is 5.32 Å². The Morgan fingerprint density at radius 2 is 2.16 bits per heavy atom. The quantitative estimate of drug-likeness (QED) is 0.890. The van der Waals surface area contributed by atoms with Gasteiger partial charge < -0.3 is 10.1 Å². The van der Waals surface area contributed by atoms with E-state index in [9.17, 15) is 0 Å². The summed E-state index contributed by atoms with van der Waals surface area (Å²) in [5, 5.41) is 4.78. The predicted octanol–water partition coefficient (Wildman–Crippen LogP) is 4.46. The van der Waals surface area contributed by atoms with Gasteiger partial charge in [0.1, 0.15) is 0 Å². The first-order valence-electron chi connectivity index (χ1n) is 6.73. The fraction of sp³-hybridized carbons (Fsp3) is 0.600. The lowest BCUT2D eigenvalue weighted by molar-refractivity contribution is -0.117. The molecule has 1 heterocycles. The van der Waals surface area contributed by atoms with Crippen molar-refractivity contribution in [3.63, 3.8) is 0 Å². The van der Waals surface area contributed by atoms with Crippen LogP contribution in [0.4, 0.5) is 0 Å². The highest BCUT2D eigenvalue weighted by Crippen LogP contribution is 2.35. The third kappa shape index (κ3) is 3.85. The number of halogens is 2. The van der Waals surface area contributed by atoms with Crippen LogP contribution in [0.25, 0.3) is 0 Å². The molecule has 1 aromatic rings. The van der Waals surface area contributed by atoms with Crippen LogP contribution in [0.3, 0.4) is 0 Å². The maximum Gasteiger partial charge on any atom is 0.0971 e. The average molecular weight is 302 g/mol. The van der Waals surface area contributed by atoms with Gasteiger partial charge in [0.05, 0.1) is 11.7 Å². The summed E-state index contributed by atoms with van der Waals surface area (Å²) < 4.78 is 6.30. The number of morpholine rings is 1. The zero-order valence-electron chi connectivity index (χ0n) is 11.7. The highest BCUT2D eigenvalue weighted by atomic mass is 35.5. The van der Waals surface area contributed by atoms with Crippen LogP contribution in [0.15, 0.2) is 18.2 Å². The van der Waals surface area contributed by atoms with Crippen LogP contribution in [-0.2, 0) is 4.74 Å². The van der Waals surface area contributed by atoms with E-state index in [1.807, 2.05) is 12.1 Å². The van der Waals surface area contributed by atoms with Crippen molar-refractivity contribution in [1.29, 1.82) is 0 Å². The summed E-state index contributed by atoms with van der Waals surface area (Å²) in [4.78, 5) is 0. The van der Waals surface area contributed by atoms with E-state index in [0.29, 0.717) is 16.0 Å². The predicted molar refractivity (Wildman–Crippen MR) is 81.0 cm³/mol. The SMILES string of the molecule is CC(C)CC1(C)CNCC(c2ccc(Cl)cc2Cl)O1. The summed E-state index contributed by atoms with van der Waals surface area (Å²) in [6, 6.07) is 5.59. The third-order valence-electron chi connectivity index (χ3n) is 3.40. The molecule has 106 valence electrons. The average Bonchev–Trinajstić information content (AvgIpc) is 2.26. The normalized spacial score (nSPS) is 27.8. The van der Waals surface area contributed by atoms with Crippen molar-refractivity contribution in [3.8, 4) is 0 Å².